The molecule has 0 aliphatic heterocycles. The molecule has 1 unspecified atom stereocenters. The van der Waals surface area contributed by atoms with Crippen LogP contribution in [0.2, 0.25) is 0 Å². The van der Waals surface area contributed by atoms with Gasteiger partial charge in [-0.15, -0.1) is 0 Å². The van der Waals surface area contributed by atoms with Crippen molar-refractivity contribution in [1.82, 2.24) is 10.2 Å². The first-order valence-electron chi connectivity index (χ1n) is 5.65. The van der Waals surface area contributed by atoms with E-state index in [0.29, 0.717) is 12.6 Å². The van der Waals surface area contributed by atoms with E-state index in [9.17, 15) is 4.79 Å². The number of carbonyl (C=O) groups excluding carboxylic acids is 1. The first-order chi connectivity index (χ1) is 6.95. The maximum Gasteiger partial charge on any atom is 0.221 e. The molecule has 0 aliphatic rings. The molecule has 0 saturated heterocycles. The van der Waals surface area contributed by atoms with Crippen molar-refractivity contribution in [3.05, 3.63) is 0 Å². The second-order valence-electron chi connectivity index (χ2n) is 4.44. The van der Waals surface area contributed by atoms with E-state index in [1.165, 1.54) is 0 Å². The van der Waals surface area contributed by atoms with Crippen molar-refractivity contribution in [3.63, 3.8) is 0 Å². The summed E-state index contributed by atoms with van der Waals surface area (Å²) in [6, 6.07) is 0.592. The van der Waals surface area contributed by atoms with Crippen LogP contribution in [-0.2, 0) is 4.79 Å². The number of amides is 1. The van der Waals surface area contributed by atoms with Crippen LogP contribution in [0.5, 0.6) is 0 Å². The summed E-state index contributed by atoms with van der Waals surface area (Å²) in [6.45, 7) is 8.91. The van der Waals surface area contributed by atoms with Crippen molar-refractivity contribution in [2.45, 2.75) is 33.2 Å². The van der Waals surface area contributed by atoms with Crippen LogP contribution in [0, 0.1) is 5.92 Å². The zero-order chi connectivity index (χ0) is 11.8. The van der Waals surface area contributed by atoms with Crippen molar-refractivity contribution in [1.29, 1.82) is 0 Å². The molecule has 4 heteroatoms. The van der Waals surface area contributed by atoms with Gasteiger partial charge in [0.15, 0.2) is 0 Å². The molecule has 90 valence electrons. The van der Waals surface area contributed by atoms with E-state index in [4.69, 9.17) is 5.73 Å². The summed E-state index contributed by atoms with van der Waals surface area (Å²) in [5.41, 5.74) is 5.15. The minimum absolute atomic E-state index is 0.0761. The highest BCUT2D eigenvalue weighted by Gasteiger charge is 2.07. The normalized spacial score (nSPS) is 13.5. The number of carbonyl (C=O) groups is 1. The molecule has 0 spiro atoms. The number of nitrogens with one attached hydrogen (secondary N) is 1. The summed E-state index contributed by atoms with van der Waals surface area (Å²) < 4.78 is 0. The first-order valence-corrected chi connectivity index (χ1v) is 5.65. The lowest BCUT2D eigenvalue weighted by molar-refractivity contribution is -0.121. The fourth-order valence-corrected chi connectivity index (χ4v) is 1.13. The van der Waals surface area contributed by atoms with Crippen LogP contribution < -0.4 is 11.1 Å². The largest absolute Gasteiger partial charge is 0.369 e. The van der Waals surface area contributed by atoms with Crippen molar-refractivity contribution >= 4 is 5.91 Å². The summed E-state index contributed by atoms with van der Waals surface area (Å²) in [5.74, 6) is -0.311. The molecule has 0 bridgehead atoms. The van der Waals surface area contributed by atoms with E-state index in [1.807, 2.05) is 6.92 Å². The van der Waals surface area contributed by atoms with Crippen LogP contribution in [0.3, 0.4) is 0 Å². The van der Waals surface area contributed by atoms with Gasteiger partial charge in [0.1, 0.15) is 0 Å². The number of hydrogen-bond donors (Lipinski definition) is 2. The van der Waals surface area contributed by atoms with Crippen LogP contribution in [0.25, 0.3) is 0 Å². The zero-order valence-electron chi connectivity index (χ0n) is 10.4. The summed E-state index contributed by atoms with van der Waals surface area (Å²) in [5, 5.41) is 3.23. The fraction of sp³-hybridized carbons (Fsp3) is 0.909. The quantitative estimate of drug-likeness (QED) is 0.577. The smallest absolute Gasteiger partial charge is 0.221 e. The molecule has 0 radical (unpaired) electrons. The Morgan fingerprint density at radius 3 is 2.47 bits per heavy atom. The summed E-state index contributed by atoms with van der Waals surface area (Å²) in [7, 11) is 2.12. The van der Waals surface area contributed by atoms with Gasteiger partial charge in [-0.1, -0.05) is 6.92 Å². The van der Waals surface area contributed by atoms with Crippen molar-refractivity contribution in [3.8, 4) is 0 Å². The van der Waals surface area contributed by atoms with Gasteiger partial charge in [-0.3, -0.25) is 4.79 Å². The molecule has 0 fully saturated rings. The molecular formula is C11H25N3O. The third kappa shape index (κ3) is 7.33. The average Bonchev–Trinajstić information content (AvgIpc) is 2.16. The molecule has 3 N–H and O–H groups in total. The number of hydrogen-bond acceptors (Lipinski definition) is 3. The minimum atomic E-state index is -0.234. The Morgan fingerprint density at radius 1 is 1.40 bits per heavy atom. The highest BCUT2D eigenvalue weighted by Crippen LogP contribution is 1.95. The van der Waals surface area contributed by atoms with E-state index in [2.05, 4.69) is 31.1 Å². The van der Waals surface area contributed by atoms with Crippen molar-refractivity contribution < 1.29 is 4.79 Å². The number of primary amides is 1. The number of rotatable bonds is 8. The highest BCUT2D eigenvalue weighted by atomic mass is 16.1. The van der Waals surface area contributed by atoms with Crippen LogP contribution in [0.15, 0.2) is 0 Å². The second kappa shape index (κ2) is 7.65. The van der Waals surface area contributed by atoms with Gasteiger partial charge in [-0.25, -0.2) is 0 Å². The predicted molar refractivity (Wildman–Crippen MR) is 63.6 cm³/mol. The molecule has 0 aromatic rings. The Labute approximate surface area is 93.2 Å². The molecule has 0 heterocycles. The van der Waals surface area contributed by atoms with Gasteiger partial charge in [-0.2, -0.15) is 0 Å². The third-order valence-corrected chi connectivity index (χ3v) is 2.68. The van der Waals surface area contributed by atoms with E-state index in [-0.39, 0.29) is 11.8 Å². The van der Waals surface area contributed by atoms with Crippen LogP contribution in [-0.4, -0.2) is 43.5 Å². The Bertz CT molecular complexity index is 183. The maximum atomic E-state index is 10.7. The van der Waals surface area contributed by atoms with Crippen molar-refractivity contribution in [2.75, 3.05) is 26.7 Å². The zero-order valence-corrected chi connectivity index (χ0v) is 10.4. The standard InChI is InChI=1S/C11H25N3O/c1-9(2)14(4)7-5-6-13-8-10(3)11(12)15/h9-10,13H,5-8H2,1-4H3,(H2,12,15). The summed E-state index contributed by atoms with van der Waals surface area (Å²) >= 11 is 0. The molecule has 0 aromatic carbocycles. The molecule has 0 saturated carbocycles. The fourth-order valence-electron chi connectivity index (χ4n) is 1.13. The Kier molecular flexibility index (Phi) is 7.34. The lowest BCUT2D eigenvalue weighted by Crippen LogP contribution is -2.33. The third-order valence-electron chi connectivity index (χ3n) is 2.68. The SMILES string of the molecule is CC(CNCCCN(C)C(C)C)C(N)=O. The average molecular weight is 215 g/mol. The van der Waals surface area contributed by atoms with E-state index >= 15 is 0 Å². The Hall–Kier alpha value is -0.610. The maximum absolute atomic E-state index is 10.7. The van der Waals surface area contributed by atoms with Gasteiger partial charge in [0, 0.05) is 18.5 Å². The second-order valence-corrected chi connectivity index (χ2v) is 4.44. The Morgan fingerprint density at radius 2 is 2.00 bits per heavy atom. The summed E-state index contributed by atoms with van der Waals surface area (Å²) in [6.07, 6.45) is 1.10. The topological polar surface area (TPSA) is 58.4 Å². The molecule has 0 aliphatic carbocycles. The van der Waals surface area contributed by atoms with Gasteiger partial charge >= 0.3 is 0 Å². The summed E-state index contributed by atoms with van der Waals surface area (Å²) in [4.78, 5) is 13.0. The molecule has 1 atom stereocenters. The number of nitrogens with zero attached hydrogens (tertiary/aromatic N) is 1. The molecule has 0 aromatic heterocycles. The molecule has 4 nitrogen and oxygen atoms in total. The van der Waals surface area contributed by atoms with Crippen LogP contribution >= 0.6 is 0 Å². The highest BCUT2D eigenvalue weighted by molar-refractivity contribution is 5.76. The molecule has 15 heavy (non-hydrogen) atoms. The van der Waals surface area contributed by atoms with Crippen LogP contribution in [0.4, 0.5) is 0 Å². The van der Waals surface area contributed by atoms with E-state index in [0.717, 1.165) is 19.5 Å². The van der Waals surface area contributed by atoms with Gasteiger partial charge in [0.25, 0.3) is 0 Å². The van der Waals surface area contributed by atoms with Gasteiger partial charge in [0.2, 0.25) is 5.91 Å². The van der Waals surface area contributed by atoms with E-state index in [1.54, 1.807) is 0 Å². The van der Waals surface area contributed by atoms with Crippen LogP contribution in [0.1, 0.15) is 27.2 Å². The molecular weight excluding hydrogens is 190 g/mol. The van der Waals surface area contributed by atoms with Crippen molar-refractivity contribution in [2.24, 2.45) is 11.7 Å². The first kappa shape index (κ1) is 14.4. The van der Waals surface area contributed by atoms with Gasteiger partial charge in [-0.05, 0) is 40.4 Å². The Balaban J connectivity index is 3.36. The molecule has 0 rings (SSSR count). The number of nitrogens with two attached hydrogens (primary N) is 1. The van der Waals surface area contributed by atoms with Gasteiger partial charge in [0.05, 0.1) is 0 Å². The van der Waals surface area contributed by atoms with E-state index < -0.39 is 0 Å². The minimum Gasteiger partial charge on any atom is -0.369 e. The monoisotopic (exact) mass is 215 g/mol. The predicted octanol–water partition coefficient (Wildman–Crippen LogP) is 0.428. The van der Waals surface area contributed by atoms with Gasteiger partial charge < -0.3 is 16.0 Å². The molecule has 1 amide bonds. The lowest BCUT2D eigenvalue weighted by atomic mass is 10.2. The lowest BCUT2D eigenvalue weighted by Gasteiger charge is -2.20.